The van der Waals surface area contributed by atoms with Gasteiger partial charge in [-0.25, -0.2) is 0 Å². The van der Waals surface area contributed by atoms with Gasteiger partial charge in [0.05, 0.1) is 0 Å². The molecule has 2 aromatic rings. The first kappa shape index (κ1) is 13.0. The number of hydrogen-bond acceptors (Lipinski definition) is 5. The van der Waals surface area contributed by atoms with Gasteiger partial charge in [0, 0.05) is 18.3 Å². The summed E-state index contributed by atoms with van der Waals surface area (Å²) >= 11 is 0. The van der Waals surface area contributed by atoms with Crippen molar-refractivity contribution in [2.24, 2.45) is 0 Å². The second-order valence-corrected chi connectivity index (χ2v) is 6.17. The van der Waals surface area contributed by atoms with Crippen LogP contribution < -0.4 is 5.32 Å². The van der Waals surface area contributed by atoms with Gasteiger partial charge in [0.15, 0.2) is 5.82 Å². The Morgan fingerprint density at radius 3 is 2.76 bits per heavy atom. The molecule has 4 rings (SSSR count). The first-order valence-electron chi connectivity index (χ1n) is 7.93. The van der Waals surface area contributed by atoms with E-state index in [2.05, 4.69) is 15.6 Å². The molecule has 2 fully saturated rings. The molecule has 0 aromatic carbocycles. The molecule has 112 valence electrons. The summed E-state index contributed by atoms with van der Waals surface area (Å²) in [5.41, 5.74) is -0.279. The maximum atomic E-state index is 5.69. The first-order valence-corrected chi connectivity index (χ1v) is 7.93. The third-order valence-electron chi connectivity index (χ3n) is 4.93. The topological polar surface area (TPSA) is 68.8 Å². The molecule has 0 unspecified atom stereocenters. The molecule has 1 saturated carbocycles. The van der Waals surface area contributed by atoms with Crippen LogP contribution in [0, 0.1) is 0 Å². The minimum atomic E-state index is -0.279. The summed E-state index contributed by atoms with van der Waals surface area (Å²) in [6.07, 6.45) is 10.6. The van der Waals surface area contributed by atoms with Crippen molar-refractivity contribution < 1.29 is 4.52 Å². The molecule has 1 aliphatic carbocycles. The van der Waals surface area contributed by atoms with Crippen LogP contribution in [0.5, 0.6) is 0 Å². The molecule has 2 aromatic heterocycles. The Bertz CT molecular complexity index is 579. The summed E-state index contributed by atoms with van der Waals surface area (Å²) in [7, 11) is 0. The van der Waals surface area contributed by atoms with Crippen LogP contribution >= 0.6 is 0 Å². The molecule has 6 nitrogen and oxygen atoms in total. The monoisotopic (exact) mass is 287 g/mol. The Balaban J connectivity index is 1.70. The van der Waals surface area contributed by atoms with E-state index in [1.807, 2.05) is 23.1 Å². The fourth-order valence-corrected chi connectivity index (χ4v) is 3.68. The van der Waals surface area contributed by atoms with Crippen LogP contribution in [0.3, 0.4) is 0 Å². The second-order valence-electron chi connectivity index (χ2n) is 6.17. The van der Waals surface area contributed by atoms with Gasteiger partial charge in [0.2, 0.25) is 0 Å². The zero-order valence-corrected chi connectivity index (χ0v) is 12.2. The van der Waals surface area contributed by atoms with E-state index in [-0.39, 0.29) is 5.54 Å². The molecule has 0 spiro atoms. The SMILES string of the molecule is c1cnn(C2(c3nc(C4CCCC4)no3)CCNCC2)c1. The lowest BCUT2D eigenvalue weighted by molar-refractivity contribution is 0.172. The Hall–Kier alpha value is -1.69. The predicted octanol–water partition coefficient (Wildman–Crippen LogP) is 2.05. The highest BCUT2D eigenvalue weighted by Gasteiger charge is 2.42. The van der Waals surface area contributed by atoms with E-state index >= 15 is 0 Å². The molecule has 1 saturated heterocycles. The second kappa shape index (κ2) is 5.26. The summed E-state index contributed by atoms with van der Waals surface area (Å²) in [4.78, 5) is 4.78. The van der Waals surface area contributed by atoms with Crippen LogP contribution in [-0.4, -0.2) is 33.0 Å². The number of piperidine rings is 1. The van der Waals surface area contributed by atoms with Crippen molar-refractivity contribution in [1.29, 1.82) is 0 Å². The zero-order chi connectivity index (χ0) is 14.1. The van der Waals surface area contributed by atoms with Crippen LogP contribution in [0.25, 0.3) is 0 Å². The Kier molecular flexibility index (Phi) is 3.25. The standard InChI is InChI=1S/C15H21N5O/c1-2-5-12(4-1)13-18-14(21-19-13)15(6-9-16-10-7-15)20-11-3-8-17-20/h3,8,11-12,16H,1-2,4-7,9-10H2. The third-order valence-corrected chi connectivity index (χ3v) is 4.93. The van der Waals surface area contributed by atoms with Crippen molar-refractivity contribution in [3.63, 3.8) is 0 Å². The van der Waals surface area contributed by atoms with Gasteiger partial charge in [0.1, 0.15) is 5.54 Å². The average Bonchev–Trinajstić information content (AvgIpc) is 3.27. The summed E-state index contributed by atoms with van der Waals surface area (Å²) in [6, 6.07) is 1.96. The fourth-order valence-electron chi connectivity index (χ4n) is 3.68. The average molecular weight is 287 g/mol. The number of hydrogen-bond donors (Lipinski definition) is 1. The van der Waals surface area contributed by atoms with E-state index in [4.69, 9.17) is 9.51 Å². The Morgan fingerprint density at radius 1 is 1.24 bits per heavy atom. The molecule has 3 heterocycles. The van der Waals surface area contributed by atoms with E-state index in [9.17, 15) is 0 Å². The van der Waals surface area contributed by atoms with Crippen molar-refractivity contribution >= 4 is 0 Å². The number of rotatable bonds is 3. The smallest absolute Gasteiger partial charge is 0.254 e. The highest BCUT2D eigenvalue weighted by Crippen LogP contribution is 2.37. The number of nitrogens with one attached hydrogen (secondary N) is 1. The lowest BCUT2D eigenvalue weighted by Gasteiger charge is -2.34. The molecule has 0 atom stereocenters. The lowest BCUT2D eigenvalue weighted by atomic mass is 9.88. The van der Waals surface area contributed by atoms with Crippen molar-refractivity contribution in [3.8, 4) is 0 Å². The van der Waals surface area contributed by atoms with E-state index in [1.54, 1.807) is 0 Å². The zero-order valence-electron chi connectivity index (χ0n) is 12.2. The summed E-state index contributed by atoms with van der Waals surface area (Å²) in [6.45, 7) is 1.89. The van der Waals surface area contributed by atoms with Gasteiger partial charge in [-0.15, -0.1) is 0 Å². The highest BCUT2D eigenvalue weighted by atomic mass is 16.5. The predicted molar refractivity (Wildman–Crippen MR) is 76.9 cm³/mol. The van der Waals surface area contributed by atoms with Crippen molar-refractivity contribution in [3.05, 3.63) is 30.2 Å². The maximum absolute atomic E-state index is 5.69. The molecule has 0 bridgehead atoms. The molecular formula is C15H21N5O. The summed E-state index contributed by atoms with van der Waals surface area (Å²) < 4.78 is 7.69. The Morgan fingerprint density at radius 2 is 2.05 bits per heavy atom. The maximum Gasteiger partial charge on any atom is 0.254 e. The van der Waals surface area contributed by atoms with E-state index in [0.29, 0.717) is 5.92 Å². The molecule has 6 heteroatoms. The van der Waals surface area contributed by atoms with Crippen LogP contribution in [0.4, 0.5) is 0 Å². The quantitative estimate of drug-likeness (QED) is 0.935. The van der Waals surface area contributed by atoms with Gasteiger partial charge < -0.3 is 9.84 Å². The molecule has 2 aliphatic rings. The van der Waals surface area contributed by atoms with E-state index in [1.165, 1.54) is 25.7 Å². The summed E-state index contributed by atoms with van der Waals surface area (Å²) in [5.74, 6) is 2.11. The molecule has 0 radical (unpaired) electrons. The van der Waals surface area contributed by atoms with Gasteiger partial charge in [0.25, 0.3) is 5.89 Å². The van der Waals surface area contributed by atoms with Crippen molar-refractivity contribution in [1.82, 2.24) is 25.2 Å². The van der Waals surface area contributed by atoms with E-state index < -0.39 is 0 Å². The minimum Gasteiger partial charge on any atom is -0.337 e. The minimum absolute atomic E-state index is 0.279. The van der Waals surface area contributed by atoms with Gasteiger partial charge in [-0.3, -0.25) is 4.68 Å². The highest BCUT2D eigenvalue weighted by molar-refractivity contribution is 5.11. The lowest BCUT2D eigenvalue weighted by Crippen LogP contribution is -2.45. The van der Waals surface area contributed by atoms with Gasteiger partial charge in [-0.05, 0) is 44.8 Å². The Labute approximate surface area is 123 Å². The van der Waals surface area contributed by atoms with Gasteiger partial charge in [-0.1, -0.05) is 18.0 Å². The van der Waals surface area contributed by atoms with E-state index in [0.717, 1.165) is 37.6 Å². The van der Waals surface area contributed by atoms with Crippen molar-refractivity contribution in [2.45, 2.75) is 50.0 Å². The number of nitrogens with zero attached hydrogens (tertiary/aromatic N) is 4. The summed E-state index contributed by atoms with van der Waals surface area (Å²) in [5, 5.41) is 12.1. The largest absolute Gasteiger partial charge is 0.337 e. The van der Waals surface area contributed by atoms with Crippen LogP contribution in [0.1, 0.15) is 56.2 Å². The van der Waals surface area contributed by atoms with Gasteiger partial charge in [-0.2, -0.15) is 10.1 Å². The number of aromatic nitrogens is 4. The molecule has 1 aliphatic heterocycles. The fraction of sp³-hybridized carbons (Fsp3) is 0.667. The first-order chi connectivity index (χ1) is 10.4. The normalized spacial score (nSPS) is 22.7. The molecular weight excluding hydrogens is 266 g/mol. The van der Waals surface area contributed by atoms with Crippen LogP contribution in [-0.2, 0) is 5.54 Å². The third kappa shape index (κ3) is 2.18. The van der Waals surface area contributed by atoms with Crippen molar-refractivity contribution in [2.75, 3.05) is 13.1 Å². The van der Waals surface area contributed by atoms with Crippen LogP contribution in [0.2, 0.25) is 0 Å². The molecule has 1 N–H and O–H groups in total. The van der Waals surface area contributed by atoms with Gasteiger partial charge >= 0.3 is 0 Å². The van der Waals surface area contributed by atoms with Crippen LogP contribution in [0.15, 0.2) is 23.0 Å². The molecule has 21 heavy (non-hydrogen) atoms. The molecule has 0 amide bonds.